The van der Waals surface area contributed by atoms with E-state index in [4.69, 9.17) is 20.9 Å². The molecule has 0 atom stereocenters. The monoisotopic (exact) mass is 379 g/mol. The molecule has 0 aliphatic rings. The second kappa shape index (κ2) is 6.85. The van der Waals surface area contributed by atoms with Crippen LogP contribution in [0.1, 0.15) is 6.92 Å². The number of rotatable bonds is 5. The van der Waals surface area contributed by atoms with Crippen LogP contribution in [0.25, 0.3) is 22.2 Å². The number of nitrogens with zero attached hydrogens (tertiary/aromatic N) is 1. The van der Waals surface area contributed by atoms with E-state index in [1.165, 1.54) is 12.1 Å². The number of hydrogen-bond acceptors (Lipinski definition) is 6. The standard InChI is InChI=1S/C17H14ClNO5S/c1-2-23-16(20)10-25(21,22)13-7-8-14-15(9-13)24-19-17(14)11-3-5-12(18)6-4-11/h3-9H,2,10H2,1H3. The van der Waals surface area contributed by atoms with E-state index in [-0.39, 0.29) is 11.5 Å². The minimum atomic E-state index is -3.81. The molecule has 0 aliphatic heterocycles. The lowest BCUT2D eigenvalue weighted by molar-refractivity contribution is -0.139. The minimum absolute atomic E-state index is 0.0214. The smallest absolute Gasteiger partial charge is 0.321 e. The Morgan fingerprint density at radius 1 is 1.20 bits per heavy atom. The molecule has 0 bridgehead atoms. The SMILES string of the molecule is CCOC(=O)CS(=O)(=O)c1ccc2c(-c3ccc(Cl)cc3)noc2c1. The van der Waals surface area contributed by atoms with Gasteiger partial charge in [-0.15, -0.1) is 0 Å². The van der Waals surface area contributed by atoms with E-state index < -0.39 is 21.6 Å². The van der Waals surface area contributed by atoms with Crippen LogP contribution in [0.2, 0.25) is 5.02 Å². The molecule has 0 saturated carbocycles. The number of benzene rings is 2. The van der Waals surface area contributed by atoms with E-state index in [0.29, 0.717) is 21.7 Å². The van der Waals surface area contributed by atoms with Crippen molar-refractivity contribution in [2.75, 3.05) is 12.4 Å². The third kappa shape index (κ3) is 3.67. The lowest BCUT2D eigenvalue weighted by Gasteiger charge is -2.04. The van der Waals surface area contributed by atoms with Gasteiger partial charge in [0.25, 0.3) is 0 Å². The summed E-state index contributed by atoms with van der Waals surface area (Å²) >= 11 is 5.88. The summed E-state index contributed by atoms with van der Waals surface area (Å²) in [5.41, 5.74) is 1.70. The van der Waals surface area contributed by atoms with Crippen molar-refractivity contribution in [3.63, 3.8) is 0 Å². The fourth-order valence-electron chi connectivity index (χ4n) is 2.37. The van der Waals surface area contributed by atoms with Crippen molar-refractivity contribution < 1.29 is 22.5 Å². The highest BCUT2D eigenvalue weighted by Crippen LogP contribution is 2.30. The van der Waals surface area contributed by atoms with Crippen molar-refractivity contribution in [1.29, 1.82) is 0 Å². The molecule has 25 heavy (non-hydrogen) atoms. The molecule has 0 unspecified atom stereocenters. The molecule has 1 aromatic heterocycles. The molecular weight excluding hydrogens is 366 g/mol. The zero-order valence-electron chi connectivity index (χ0n) is 13.2. The molecule has 0 N–H and O–H groups in total. The number of carbonyl (C=O) groups excluding carboxylic acids is 1. The highest BCUT2D eigenvalue weighted by Gasteiger charge is 2.22. The van der Waals surface area contributed by atoms with E-state index in [9.17, 15) is 13.2 Å². The van der Waals surface area contributed by atoms with Gasteiger partial charge in [-0.1, -0.05) is 28.9 Å². The average molecular weight is 380 g/mol. The molecule has 130 valence electrons. The number of ether oxygens (including phenoxy) is 1. The predicted octanol–water partition coefficient (Wildman–Crippen LogP) is 3.49. The van der Waals surface area contributed by atoms with Gasteiger partial charge in [-0.25, -0.2) is 8.42 Å². The molecule has 3 rings (SSSR count). The Balaban J connectivity index is 1.97. The lowest BCUT2D eigenvalue weighted by Crippen LogP contribution is -2.18. The zero-order valence-corrected chi connectivity index (χ0v) is 14.8. The van der Waals surface area contributed by atoms with E-state index in [2.05, 4.69) is 5.16 Å². The van der Waals surface area contributed by atoms with Gasteiger partial charge < -0.3 is 9.26 Å². The normalized spacial score (nSPS) is 11.6. The predicted molar refractivity (Wildman–Crippen MR) is 93.1 cm³/mol. The van der Waals surface area contributed by atoms with Gasteiger partial charge in [0.05, 0.1) is 11.5 Å². The fourth-order valence-corrected chi connectivity index (χ4v) is 3.62. The molecule has 2 aromatic carbocycles. The van der Waals surface area contributed by atoms with Crippen LogP contribution in [0.4, 0.5) is 0 Å². The molecule has 3 aromatic rings. The van der Waals surface area contributed by atoms with Crippen molar-refractivity contribution in [2.24, 2.45) is 0 Å². The van der Waals surface area contributed by atoms with E-state index in [0.717, 1.165) is 5.56 Å². The van der Waals surface area contributed by atoms with E-state index >= 15 is 0 Å². The molecular formula is C17H14ClNO5S. The van der Waals surface area contributed by atoms with Gasteiger partial charge in [-0.05, 0) is 31.2 Å². The van der Waals surface area contributed by atoms with Crippen LogP contribution in [0.3, 0.4) is 0 Å². The summed E-state index contributed by atoms with van der Waals surface area (Å²) in [7, 11) is -3.81. The van der Waals surface area contributed by atoms with Crippen molar-refractivity contribution in [2.45, 2.75) is 11.8 Å². The summed E-state index contributed by atoms with van der Waals surface area (Å²) in [4.78, 5) is 11.4. The van der Waals surface area contributed by atoms with Crippen LogP contribution in [-0.2, 0) is 19.4 Å². The van der Waals surface area contributed by atoms with Crippen LogP contribution in [0.5, 0.6) is 0 Å². The molecule has 1 heterocycles. The van der Waals surface area contributed by atoms with Crippen molar-refractivity contribution in [3.05, 3.63) is 47.5 Å². The van der Waals surface area contributed by atoms with E-state index in [1.54, 1.807) is 37.3 Å². The van der Waals surface area contributed by atoms with Crippen LogP contribution < -0.4 is 0 Å². The van der Waals surface area contributed by atoms with Crippen LogP contribution >= 0.6 is 11.6 Å². The molecule has 0 radical (unpaired) electrons. The molecule has 0 fully saturated rings. The fraction of sp³-hybridized carbons (Fsp3) is 0.176. The van der Waals surface area contributed by atoms with Gasteiger partial charge in [0.2, 0.25) is 0 Å². The van der Waals surface area contributed by atoms with Gasteiger partial charge in [0, 0.05) is 22.0 Å². The zero-order chi connectivity index (χ0) is 18.0. The molecule has 0 amide bonds. The molecule has 0 aliphatic carbocycles. The first-order chi connectivity index (χ1) is 11.9. The maximum absolute atomic E-state index is 12.3. The van der Waals surface area contributed by atoms with Gasteiger partial charge >= 0.3 is 5.97 Å². The lowest BCUT2D eigenvalue weighted by atomic mass is 10.1. The molecule has 6 nitrogen and oxygen atoms in total. The molecule has 0 saturated heterocycles. The third-order valence-corrected chi connectivity index (χ3v) is 5.37. The first-order valence-electron chi connectivity index (χ1n) is 7.44. The number of carbonyl (C=O) groups is 1. The summed E-state index contributed by atoms with van der Waals surface area (Å²) in [6.07, 6.45) is 0. The van der Waals surface area contributed by atoms with Gasteiger partial charge in [-0.2, -0.15) is 0 Å². The van der Waals surface area contributed by atoms with Crippen LogP contribution in [0, 0.1) is 0 Å². The Kier molecular flexibility index (Phi) is 4.78. The highest BCUT2D eigenvalue weighted by molar-refractivity contribution is 7.92. The highest BCUT2D eigenvalue weighted by atomic mass is 35.5. The Labute approximate surface area is 149 Å². The Morgan fingerprint density at radius 2 is 1.92 bits per heavy atom. The number of halogens is 1. The third-order valence-electron chi connectivity index (χ3n) is 3.53. The summed E-state index contributed by atoms with van der Waals surface area (Å²) in [6.45, 7) is 1.74. The first kappa shape index (κ1) is 17.4. The summed E-state index contributed by atoms with van der Waals surface area (Å²) in [5, 5.41) is 5.27. The summed E-state index contributed by atoms with van der Waals surface area (Å²) in [6, 6.07) is 11.4. The first-order valence-corrected chi connectivity index (χ1v) is 9.47. The quantitative estimate of drug-likeness (QED) is 0.631. The number of sulfone groups is 1. The Bertz CT molecular complexity index is 1020. The second-order valence-corrected chi connectivity index (χ2v) is 7.69. The Hall–Kier alpha value is -2.38. The molecule has 0 spiro atoms. The Morgan fingerprint density at radius 3 is 2.60 bits per heavy atom. The number of fused-ring (bicyclic) bond motifs is 1. The largest absolute Gasteiger partial charge is 0.465 e. The maximum Gasteiger partial charge on any atom is 0.321 e. The number of aromatic nitrogens is 1. The maximum atomic E-state index is 12.3. The number of esters is 1. The van der Waals surface area contributed by atoms with Crippen molar-refractivity contribution >= 4 is 38.4 Å². The van der Waals surface area contributed by atoms with Gasteiger partial charge in [0.15, 0.2) is 21.2 Å². The summed E-state index contributed by atoms with van der Waals surface area (Å²) in [5.74, 6) is -1.51. The van der Waals surface area contributed by atoms with Gasteiger partial charge in [0.1, 0.15) is 5.69 Å². The van der Waals surface area contributed by atoms with Crippen molar-refractivity contribution in [3.8, 4) is 11.3 Å². The van der Waals surface area contributed by atoms with Crippen LogP contribution in [-0.4, -0.2) is 31.9 Å². The van der Waals surface area contributed by atoms with Crippen LogP contribution in [0.15, 0.2) is 51.9 Å². The van der Waals surface area contributed by atoms with Crippen molar-refractivity contribution in [1.82, 2.24) is 5.16 Å². The van der Waals surface area contributed by atoms with E-state index in [1.807, 2.05) is 0 Å². The topological polar surface area (TPSA) is 86.5 Å². The second-order valence-electron chi connectivity index (χ2n) is 5.26. The van der Waals surface area contributed by atoms with Gasteiger partial charge in [-0.3, -0.25) is 4.79 Å². The average Bonchev–Trinajstić information content (AvgIpc) is 2.98. The number of hydrogen-bond donors (Lipinski definition) is 0. The molecule has 8 heteroatoms. The minimum Gasteiger partial charge on any atom is -0.465 e. The summed E-state index contributed by atoms with van der Waals surface area (Å²) < 4.78 is 34.5.